The van der Waals surface area contributed by atoms with Gasteiger partial charge in [-0.1, -0.05) is 26.0 Å². The number of anilines is 1. The maximum Gasteiger partial charge on any atom is 0.173 e. The molecule has 1 aromatic carbocycles. The van der Waals surface area contributed by atoms with Gasteiger partial charge < -0.3 is 15.1 Å². The van der Waals surface area contributed by atoms with Crippen molar-refractivity contribution in [2.75, 3.05) is 25.0 Å². The molecule has 0 saturated carbocycles. The number of thiocarbonyl (C=S) groups is 1. The van der Waals surface area contributed by atoms with E-state index >= 15 is 0 Å². The lowest BCUT2D eigenvalue weighted by Gasteiger charge is -2.39. The SMILES string of the molecule is Cc1ccc(C)c(NC(=S)N(CCC(C)C)C2CC[NH+](C(C)C)CC2)c1. The van der Waals surface area contributed by atoms with Crippen LogP contribution in [0.3, 0.4) is 0 Å². The molecule has 0 aliphatic carbocycles. The topological polar surface area (TPSA) is 19.7 Å². The number of aryl methyl sites for hydroxylation is 2. The van der Waals surface area contributed by atoms with Crippen LogP contribution in [-0.2, 0) is 0 Å². The standard InChI is InChI=1S/C22H37N3S/c1-16(2)9-14-25(20-10-12-24(13-11-20)17(3)4)22(26)23-21-15-18(5)7-8-19(21)6/h7-8,15-17,20H,9-14H2,1-6H3,(H,23,26)/p+1. The number of hydrogen-bond donors (Lipinski definition) is 2. The summed E-state index contributed by atoms with van der Waals surface area (Å²) < 4.78 is 0. The van der Waals surface area contributed by atoms with Crippen LogP contribution in [0.5, 0.6) is 0 Å². The molecule has 26 heavy (non-hydrogen) atoms. The summed E-state index contributed by atoms with van der Waals surface area (Å²) in [5, 5.41) is 4.46. The smallest absolute Gasteiger partial charge is 0.173 e. The van der Waals surface area contributed by atoms with Gasteiger partial charge in [0.25, 0.3) is 0 Å². The van der Waals surface area contributed by atoms with Crippen molar-refractivity contribution in [3.8, 4) is 0 Å². The fraction of sp³-hybridized carbons (Fsp3) is 0.682. The summed E-state index contributed by atoms with van der Waals surface area (Å²) in [7, 11) is 0. The molecule has 1 aromatic rings. The number of likely N-dealkylation sites (tertiary alicyclic amines) is 1. The quantitative estimate of drug-likeness (QED) is 0.737. The molecule has 0 bridgehead atoms. The van der Waals surface area contributed by atoms with E-state index in [0.717, 1.165) is 23.4 Å². The van der Waals surface area contributed by atoms with Gasteiger partial charge in [0, 0.05) is 31.1 Å². The molecule has 0 amide bonds. The Labute approximate surface area is 166 Å². The van der Waals surface area contributed by atoms with E-state index in [1.165, 1.54) is 43.5 Å². The third-order valence-corrected chi connectivity index (χ3v) is 6.03. The maximum atomic E-state index is 5.88. The largest absolute Gasteiger partial charge is 0.346 e. The van der Waals surface area contributed by atoms with Crippen molar-refractivity contribution in [3.63, 3.8) is 0 Å². The first kappa shape index (κ1) is 21.2. The molecule has 1 aliphatic rings. The molecule has 1 heterocycles. The van der Waals surface area contributed by atoms with E-state index in [1.54, 1.807) is 4.90 Å². The summed E-state index contributed by atoms with van der Waals surface area (Å²) in [5.41, 5.74) is 3.67. The van der Waals surface area contributed by atoms with Crippen LogP contribution in [-0.4, -0.2) is 41.7 Å². The number of benzene rings is 1. The first-order chi connectivity index (χ1) is 12.3. The minimum absolute atomic E-state index is 0.571. The van der Waals surface area contributed by atoms with Crippen molar-refractivity contribution in [1.29, 1.82) is 0 Å². The second kappa shape index (κ2) is 9.70. The molecule has 146 valence electrons. The summed E-state index contributed by atoms with van der Waals surface area (Å²) in [5.74, 6) is 0.697. The highest BCUT2D eigenvalue weighted by Gasteiger charge is 2.29. The van der Waals surface area contributed by atoms with E-state index in [0.29, 0.717) is 12.0 Å². The molecule has 0 aromatic heterocycles. The molecule has 4 heteroatoms. The third kappa shape index (κ3) is 5.95. The average molecular weight is 377 g/mol. The predicted molar refractivity (Wildman–Crippen MR) is 117 cm³/mol. The van der Waals surface area contributed by atoms with Gasteiger partial charge in [0.2, 0.25) is 0 Å². The zero-order valence-corrected chi connectivity index (χ0v) is 18.4. The fourth-order valence-corrected chi connectivity index (χ4v) is 4.12. The molecule has 1 saturated heterocycles. The van der Waals surface area contributed by atoms with Crippen LogP contribution in [0.2, 0.25) is 0 Å². The average Bonchev–Trinajstić information content (AvgIpc) is 2.58. The highest BCUT2D eigenvalue weighted by molar-refractivity contribution is 7.80. The molecule has 0 radical (unpaired) electrons. The normalized spacial score (nSPS) is 20.5. The lowest BCUT2D eigenvalue weighted by Crippen LogP contribution is -3.16. The number of rotatable bonds is 6. The van der Waals surface area contributed by atoms with Crippen molar-refractivity contribution in [1.82, 2.24) is 4.90 Å². The van der Waals surface area contributed by atoms with Crippen molar-refractivity contribution in [2.24, 2.45) is 5.92 Å². The number of quaternary nitrogens is 1. The zero-order chi connectivity index (χ0) is 19.3. The molecule has 2 rings (SSSR count). The van der Waals surface area contributed by atoms with Crippen LogP contribution >= 0.6 is 12.2 Å². The fourth-order valence-electron chi connectivity index (χ4n) is 3.77. The monoisotopic (exact) mass is 376 g/mol. The summed E-state index contributed by atoms with van der Waals surface area (Å²) in [6.07, 6.45) is 3.66. The summed E-state index contributed by atoms with van der Waals surface area (Å²) >= 11 is 5.88. The number of nitrogens with zero attached hydrogens (tertiary/aromatic N) is 1. The predicted octanol–water partition coefficient (Wildman–Crippen LogP) is 3.80. The molecular formula is C22H38N3S+. The lowest BCUT2D eigenvalue weighted by atomic mass is 10.0. The zero-order valence-electron chi connectivity index (χ0n) is 17.6. The van der Waals surface area contributed by atoms with Gasteiger partial charge in [-0.25, -0.2) is 0 Å². The van der Waals surface area contributed by atoms with Crippen LogP contribution in [0.15, 0.2) is 18.2 Å². The van der Waals surface area contributed by atoms with Crippen LogP contribution in [0.4, 0.5) is 5.69 Å². The second-order valence-electron chi connectivity index (χ2n) is 8.67. The van der Waals surface area contributed by atoms with Gasteiger partial charge in [0.15, 0.2) is 5.11 Å². The molecule has 3 nitrogen and oxygen atoms in total. The van der Waals surface area contributed by atoms with Crippen LogP contribution in [0.25, 0.3) is 0 Å². The molecule has 2 N–H and O–H groups in total. The Hall–Kier alpha value is -1.13. The van der Waals surface area contributed by atoms with E-state index in [1.807, 2.05) is 0 Å². The van der Waals surface area contributed by atoms with Crippen molar-refractivity contribution < 1.29 is 4.90 Å². The van der Waals surface area contributed by atoms with Crippen LogP contribution < -0.4 is 10.2 Å². The Bertz CT molecular complexity index is 589. The van der Waals surface area contributed by atoms with E-state index in [2.05, 4.69) is 70.0 Å². The summed E-state index contributed by atoms with van der Waals surface area (Å²) in [4.78, 5) is 4.22. The van der Waals surface area contributed by atoms with Crippen molar-refractivity contribution in [3.05, 3.63) is 29.3 Å². The molecule has 0 unspecified atom stereocenters. The van der Waals surface area contributed by atoms with Gasteiger partial charge in [0.05, 0.1) is 19.1 Å². The second-order valence-corrected chi connectivity index (χ2v) is 9.06. The Morgan fingerprint density at radius 3 is 2.42 bits per heavy atom. The highest BCUT2D eigenvalue weighted by Crippen LogP contribution is 2.20. The van der Waals surface area contributed by atoms with Gasteiger partial charge in [-0.05, 0) is 69.4 Å². The molecule has 1 fully saturated rings. The number of hydrogen-bond acceptors (Lipinski definition) is 1. The third-order valence-electron chi connectivity index (χ3n) is 5.70. The molecule has 0 atom stereocenters. The van der Waals surface area contributed by atoms with E-state index < -0.39 is 0 Å². The molecule has 1 aliphatic heterocycles. The Morgan fingerprint density at radius 1 is 1.19 bits per heavy atom. The number of nitrogens with one attached hydrogen (secondary N) is 2. The highest BCUT2D eigenvalue weighted by atomic mass is 32.1. The van der Waals surface area contributed by atoms with E-state index in [9.17, 15) is 0 Å². The van der Waals surface area contributed by atoms with Crippen LogP contribution in [0.1, 0.15) is 58.1 Å². The summed E-state index contributed by atoms with van der Waals surface area (Å²) in [6.45, 7) is 17.1. The number of piperidine rings is 1. The van der Waals surface area contributed by atoms with Gasteiger partial charge in [-0.15, -0.1) is 0 Å². The summed E-state index contributed by atoms with van der Waals surface area (Å²) in [6, 6.07) is 7.82. The Morgan fingerprint density at radius 2 is 1.85 bits per heavy atom. The van der Waals surface area contributed by atoms with Gasteiger partial charge in [-0.3, -0.25) is 0 Å². The minimum Gasteiger partial charge on any atom is -0.346 e. The minimum atomic E-state index is 0.571. The molecule has 0 spiro atoms. The first-order valence-corrected chi connectivity index (χ1v) is 10.7. The Balaban J connectivity index is 2.08. The van der Waals surface area contributed by atoms with Gasteiger partial charge in [0.1, 0.15) is 0 Å². The first-order valence-electron chi connectivity index (χ1n) is 10.3. The van der Waals surface area contributed by atoms with Crippen LogP contribution in [0, 0.1) is 19.8 Å². The van der Waals surface area contributed by atoms with E-state index in [4.69, 9.17) is 12.2 Å². The van der Waals surface area contributed by atoms with Gasteiger partial charge in [-0.2, -0.15) is 0 Å². The Kier molecular flexibility index (Phi) is 7.90. The van der Waals surface area contributed by atoms with Crippen molar-refractivity contribution in [2.45, 2.75) is 72.9 Å². The van der Waals surface area contributed by atoms with E-state index in [-0.39, 0.29) is 0 Å². The van der Waals surface area contributed by atoms with Gasteiger partial charge >= 0.3 is 0 Å². The van der Waals surface area contributed by atoms with Crippen molar-refractivity contribution >= 4 is 23.0 Å². The lowest BCUT2D eigenvalue weighted by molar-refractivity contribution is -0.926. The maximum absolute atomic E-state index is 5.88. The molecular weight excluding hydrogens is 338 g/mol.